The van der Waals surface area contributed by atoms with Gasteiger partial charge in [-0.15, -0.1) is 0 Å². The SMILES string of the molecule is CC1(C)O[C@@H]2[C@H](O1)[C@@H](c1nc3ccccc3o1)C[C@H]2O[Si](c1ccccc1)(c1ccccc1)C(C)(C)C. The van der Waals surface area contributed by atoms with Gasteiger partial charge in [0.1, 0.15) is 17.7 Å². The largest absolute Gasteiger partial charge is 0.440 e. The Morgan fingerprint density at radius 3 is 1.97 bits per heavy atom. The van der Waals surface area contributed by atoms with Crippen LogP contribution in [0.4, 0.5) is 0 Å². The van der Waals surface area contributed by atoms with E-state index in [9.17, 15) is 0 Å². The maximum atomic E-state index is 7.53. The van der Waals surface area contributed by atoms with E-state index in [0.29, 0.717) is 5.89 Å². The molecule has 192 valence electrons. The summed E-state index contributed by atoms with van der Waals surface area (Å²) in [6.07, 6.45) is 0.156. The highest BCUT2D eigenvalue weighted by molar-refractivity contribution is 6.99. The van der Waals surface area contributed by atoms with Crippen LogP contribution in [-0.4, -0.2) is 37.4 Å². The molecule has 37 heavy (non-hydrogen) atoms. The van der Waals surface area contributed by atoms with Gasteiger partial charge in [0.2, 0.25) is 5.89 Å². The van der Waals surface area contributed by atoms with Crippen molar-refractivity contribution in [3.05, 3.63) is 90.8 Å². The number of oxazole rings is 1. The second-order valence-corrected chi connectivity index (χ2v) is 16.0. The van der Waals surface area contributed by atoms with Crippen LogP contribution < -0.4 is 10.4 Å². The number of para-hydroxylation sites is 2. The summed E-state index contributed by atoms with van der Waals surface area (Å²) in [5, 5.41) is 2.39. The van der Waals surface area contributed by atoms with Gasteiger partial charge in [-0.3, -0.25) is 0 Å². The quantitative estimate of drug-likeness (QED) is 0.317. The fraction of sp³-hybridized carbons (Fsp3) is 0.387. The van der Waals surface area contributed by atoms with Gasteiger partial charge >= 0.3 is 0 Å². The van der Waals surface area contributed by atoms with Gasteiger partial charge in [-0.2, -0.15) is 0 Å². The third-order valence-electron chi connectivity index (χ3n) is 7.79. The Balaban J connectivity index is 1.45. The van der Waals surface area contributed by atoms with Crippen LogP contribution in [0.1, 0.15) is 52.8 Å². The van der Waals surface area contributed by atoms with Crippen molar-refractivity contribution in [2.24, 2.45) is 0 Å². The minimum atomic E-state index is -2.77. The Hall–Kier alpha value is -2.77. The van der Waals surface area contributed by atoms with Crippen LogP contribution >= 0.6 is 0 Å². The third kappa shape index (κ3) is 4.16. The van der Waals surface area contributed by atoms with Crippen molar-refractivity contribution < 1.29 is 18.3 Å². The molecule has 4 aromatic rings. The van der Waals surface area contributed by atoms with Gasteiger partial charge in [0.15, 0.2) is 11.4 Å². The number of nitrogens with zero attached hydrogens (tertiary/aromatic N) is 1. The molecule has 4 atom stereocenters. The number of rotatable bonds is 5. The average Bonchev–Trinajstić information content (AvgIpc) is 3.53. The normalized spacial score (nSPS) is 25.4. The van der Waals surface area contributed by atoms with Crippen LogP contribution in [-0.2, 0) is 13.9 Å². The van der Waals surface area contributed by atoms with E-state index in [1.807, 2.05) is 38.1 Å². The predicted molar refractivity (Wildman–Crippen MR) is 148 cm³/mol. The van der Waals surface area contributed by atoms with Crippen LogP contribution in [0.5, 0.6) is 0 Å². The zero-order chi connectivity index (χ0) is 25.8. The highest BCUT2D eigenvalue weighted by atomic mass is 28.4. The summed E-state index contributed by atoms with van der Waals surface area (Å²) >= 11 is 0. The number of hydrogen-bond donors (Lipinski definition) is 0. The molecule has 1 aromatic heterocycles. The minimum absolute atomic E-state index is 0.0533. The van der Waals surface area contributed by atoms with Crippen molar-refractivity contribution in [1.29, 1.82) is 0 Å². The molecular formula is C31H35NO4Si. The number of hydrogen-bond acceptors (Lipinski definition) is 5. The topological polar surface area (TPSA) is 53.7 Å². The molecular weight excluding hydrogens is 478 g/mol. The summed E-state index contributed by atoms with van der Waals surface area (Å²) in [6.45, 7) is 10.9. The van der Waals surface area contributed by atoms with Gasteiger partial charge in [0.25, 0.3) is 8.32 Å². The van der Waals surface area contributed by atoms with Crippen LogP contribution in [0.25, 0.3) is 11.1 Å². The third-order valence-corrected chi connectivity index (χ3v) is 12.8. The smallest absolute Gasteiger partial charge is 0.261 e. The first-order valence-corrected chi connectivity index (χ1v) is 15.1. The molecule has 0 radical (unpaired) electrons. The molecule has 0 amide bonds. The van der Waals surface area contributed by atoms with Crippen molar-refractivity contribution in [3.63, 3.8) is 0 Å². The molecule has 0 unspecified atom stereocenters. The van der Waals surface area contributed by atoms with E-state index in [1.165, 1.54) is 10.4 Å². The highest BCUT2D eigenvalue weighted by Crippen LogP contribution is 2.49. The molecule has 2 heterocycles. The van der Waals surface area contributed by atoms with E-state index in [0.717, 1.165) is 17.5 Å². The van der Waals surface area contributed by atoms with Crippen LogP contribution in [0.3, 0.4) is 0 Å². The zero-order valence-electron chi connectivity index (χ0n) is 22.2. The Morgan fingerprint density at radius 2 is 1.38 bits per heavy atom. The second kappa shape index (κ2) is 8.91. The monoisotopic (exact) mass is 513 g/mol. The van der Waals surface area contributed by atoms with Crippen molar-refractivity contribution in [1.82, 2.24) is 4.98 Å². The van der Waals surface area contributed by atoms with Gasteiger partial charge in [0, 0.05) is 0 Å². The number of fused-ring (bicyclic) bond motifs is 2. The van der Waals surface area contributed by atoms with E-state index in [4.69, 9.17) is 23.3 Å². The van der Waals surface area contributed by atoms with Crippen molar-refractivity contribution in [2.75, 3.05) is 0 Å². The fourth-order valence-corrected chi connectivity index (χ4v) is 11.0. The molecule has 1 aliphatic heterocycles. The van der Waals surface area contributed by atoms with E-state index in [1.54, 1.807) is 0 Å². The molecule has 5 nitrogen and oxygen atoms in total. The van der Waals surface area contributed by atoms with E-state index < -0.39 is 14.1 Å². The lowest BCUT2D eigenvalue weighted by Crippen LogP contribution is -2.68. The average molecular weight is 514 g/mol. The van der Waals surface area contributed by atoms with Crippen molar-refractivity contribution in [2.45, 2.75) is 76.1 Å². The van der Waals surface area contributed by atoms with Crippen LogP contribution in [0.15, 0.2) is 89.3 Å². The first-order chi connectivity index (χ1) is 17.7. The molecule has 0 bridgehead atoms. The van der Waals surface area contributed by atoms with Gasteiger partial charge < -0.3 is 18.3 Å². The summed E-state index contributed by atoms with van der Waals surface area (Å²) in [6, 6.07) is 29.4. The van der Waals surface area contributed by atoms with E-state index >= 15 is 0 Å². The molecule has 6 rings (SSSR count). The molecule has 2 fully saturated rings. The Kier molecular flexibility index (Phi) is 5.91. The maximum Gasteiger partial charge on any atom is 0.261 e. The van der Waals surface area contributed by atoms with Gasteiger partial charge in [0.05, 0.1) is 12.0 Å². The Labute approximate surface area is 219 Å². The number of benzene rings is 3. The molecule has 3 aromatic carbocycles. The molecule has 1 aliphatic carbocycles. The molecule has 1 saturated heterocycles. The van der Waals surface area contributed by atoms with Crippen molar-refractivity contribution >= 4 is 29.8 Å². The fourth-order valence-electron chi connectivity index (χ4n) is 6.26. The number of aromatic nitrogens is 1. The van der Waals surface area contributed by atoms with Gasteiger partial charge in [-0.05, 0) is 47.8 Å². The summed E-state index contributed by atoms with van der Waals surface area (Å²) in [5.41, 5.74) is 1.66. The zero-order valence-corrected chi connectivity index (χ0v) is 23.2. The van der Waals surface area contributed by atoms with Crippen LogP contribution in [0, 0.1) is 0 Å². The maximum absolute atomic E-state index is 7.53. The van der Waals surface area contributed by atoms with Crippen LogP contribution in [0.2, 0.25) is 5.04 Å². The standard InChI is InChI=1S/C31H35NO4Si/c1-30(2,3)37(21-14-8-6-9-15-21,22-16-10-7-11-17-22)36-26-20-23(27-28(26)35-31(4,5)34-27)29-32-24-18-12-13-19-25(24)33-29/h6-19,23,26-28H,20H2,1-5H3/t23-,26+,27+,28-/m0/s1. The lowest BCUT2D eigenvalue weighted by molar-refractivity contribution is -0.162. The lowest BCUT2D eigenvalue weighted by Gasteiger charge is -2.45. The molecule has 1 saturated carbocycles. The molecule has 2 aliphatic rings. The Bertz CT molecular complexity index is 1310. The van der Waals surface area contributed by atoms with E-state index in [-0.39, 0.29) is 29.3 Å². The number of ether oxygens (including phenoxy) is 2. The minimum Gasteiger partial charge on any atom is -0.440 e. The first-order valence-electron chi connectivity index (χ1n) is 13.2. The first kappa shape index (κ1) is 24.6. The highest BCUT2D eigenvalue weighted by Gasteiger charge is 2.60. The van der Waals surface area contributed by atoms with Gasteiger partial charge in [-0.25, -0.2) is 4.98 Å². The molecule has 6 heteroatoms. The summed E-state index contributed by atoms with van der Waals surface area (Å²) in [7, 11) is -2.77. The summed E-state index contributed by atoms with van der Waals surface area (Å²) in [4.78, 5) is 4.85. The molecule has 0 spiro atoms. The summed E-state index contributed by atoms with van der Waals surface area (Å²) in [5.74, 6) is -0.0546. The lowest BCUT2D eigenvalue weighted by atomic mass is 10.1. The second-order valence-electron chi connectivity index (χ2n) is 11.7. The van der Waals surface area contributed by atoms with Gasteiger partial charge in [-0.1, -0.05) is 93.6 Å². The summed E-state index contributed by atoms with van der Waals surface area (Å²) < 4.78 is 26.8. The van der Waals surface area contributed by atoms with Crippen molar-refractivity contribution in [3.8, 4) is 0 Å². The predicted octanol–water partition coefficient (Wildman–Crippen LogP) is 5.78. The Morgan fingerprint density at radius 1 is 0.811 bits per heavy atom. The van der Waals surface area contributed by atoms with E-state index in [2.05, 4.69) is 81.4 Å². The molecule has 0 N–H and O–H groups in total.